The number of carbonyl (C=O) groups is 1. The van der Waals surface area contributed by atoms with Crippen molar-refractivity contribution in [3.8, 4) is 5.69 Å². The lowest BCUT2D eigenvalue weighted by atomic mass is 10.00. The highest BCUT2D eigenvalue weighted by Crippen LogP contribution is 2.31. The van der Waals surface area contributed by atoms with Crippen LogP contribution in [0.3, 0.4) is 0 Å². The number of aryl methyl sites for hydroxylation is 2. The van der Waals surface area contributed by atoms with Gasteiger partial charge in [0.15, 0.2) is 4.96 Å². The predicted molar refractivity (Wildman–Crippen MR) is 123 cm³/mol. The molecule has 5 rings (SSSR count). The molecule has 8 nitrogen and oxygen atoms in total. The summed E-state index contributed by atoms with van der Waals surface area (Å²) in [4.78, 5) is 33.1. The number of carbonyl (C=O) groups excluding carboxylic acids is 1. The van der Waals surface area contributed by atoms with E-state index in [0.717, 1.165) is 28.3 Å². The van der Waals surface area contributed by atoms with E-state index in [1.54, 1.807) is 10.5 Å². The average Bonchev–Trinajstić information content (AvgIpc) is 3.29. The summed E-state index contributed by atoms with van der Waals surface area (Å²) in [6, 6.07) is 11.0. The van der Waals surface area contributed by atoms with Crippen LogP contribution in [0.2, 0.25) is 0 Å². The molecule has 4 heterocycles. The molecule has 1 atom stereocenters. The first-order chi connectivity index (χ1) is 15.4. The molecule has 3 aromatic heterocycles. The molecule has 1 fully saturated rings. The fourth-order valence-corrected chi connectivity index (χ4v) is 5.35. The van der Waals surface area contributed by atoms with Gasteiger partial charge in [0.25, 0.3) is 5.56 Å². The Morgan fingerprint density at radius 2 is 1.94 bits per heavy atom. The van der Waals surface area contributed by atoms with Crippen molar-refractivity contribution in [1.82, 2.24) is 29.4 Å². The number of nitrogens with zero attached hydrogens (tertiary/aromatic N) is 5. The van der Waals surface area contributed by atoms with E-state index in [-0.39, 0.29) is 11.5 Å². The second kappa shape index (κ2) is 7.99. The minimum Gasteiger partial charge on any atom is -0.353 e. The van der Waals surface area contributed by atoms with Gasteiger partial charge < -0.3 is 5.32 Å². The Kier molecular flexibility index (Phi) is 5.15. The monoisotopic (exact) mass is 448 g/mol. The molecule has 32 heavy (non-hydrogen) atoms. The van der Waals surface area contributed by atoms with Gasteiger partial charge in [-0.2, -0.15) is 5.10 Å². The Hall–Kier alpha value is -3.30. The van der Waals surface area contributed by atoms with E-state index in [4.69, 9.17) is 5.10 Å². The number of amides is 1. The van der Waals surface area contributed by atoms with Crippen molar-refractivity contribution in [2.75, 3.05) is 13.1 Å². The molecule has 0 radical (unpaired) electrons. The van der Waals surface area contributed by atoms with Crippen LogP contribution in [-0.2, 0) is 11.3 Å². The Morgan fingerprint density at radius 3 is 2.72 bits per heavy atom. The Morgan fingerprint density at radius 1 is 1.16 bits per heavy atom. The molecule has 1 amide bonds. The third-order valence-corrected chi connectivity index (χ3v) is 6.87. The topological polar surface area (TPSA) is 84.5 Å². The molecule has 1 saturated heterocycles. The number of benzene rings is 1. The van der Waals surface area contributed by atoms with E-state index in [0.29, 0.717) is 30.3 Å². The predicted octanol–water partition coefficient (Wildman–Crippen LogP) is 2.54. The molecule has 1 unspecified atom stereocenters. The second-order valence-electron chi connectivity index (χ2n) is 8.08. The van der Waals surface area contributed by atoms with Crippen LogP contribution in [0.1, 0.15) is 34.4 Å². The Balaban J connectivity index is 1.54. The number of hydrogen-bond donors (Lipinski definition) is 1. The van der Waals surface area contributed by atoms with Crippen molar-refractivity contribution >= 4 is 22.2 Å². The van der Waals surface area contributed by atoms with Crippen molar-refractivity contribution in [1.29, 1.82) is 0 Å². The van der Waals surface area contributed by atoms with Crippen LogP contribution < -0.4 is 10.9 Å². The van der Waals surface area contributed by atoms with Crippen LogP contribution >= 0.6 is 11.3 Å². The number of hydrogen-bond acceptors (Lipinski definition) is 6. The van der Waals surface area contributed by atoms with Gasteiger partial charge in [-0.3, -0.25) is 18.9 Å². The van der Waals surface area contributed by atoms with Gasteiger partial charge in [-0.25, -0.2) is 9.67 Å². The normalized spacial score (nSPS) is 17.1. The highest BCUT2D eigenvalue weighted by atomic mass is 32.1. The average molecular weight is 449 g/mol. The quantitative estimate of drug-likeness (QED) is 0.519. The zero-order valence-electron chi connectivity index (χ0n) is 18.2. The van der Waals surface area contributed by atoms with Gasteiger partial charge in [-0.1, -0.05) is 18.2 Å². The summed E-state index contributed by atoms with van der Waals surface area (Å²) in [6.45, 7) is 7.46. The first-order valence-electron chi connectivity index (χ1n) is 10.5. The molecule has 1 N–H and O–H groups in total. The standard InChI is InChI=1S/C23H24N6O2S/c1-14-13-32-23-25-17(11-19(30)28(14)23)12-27-10-9-24-22(31)21(27)20-15(2)26-29(16(20)3)18-7-5-4-6-8-18/h4-8,11,13,21H,9-10,12H2,1-3H3,(H,24,31). The maximum Gasteiger partial charge on any atom is 0.259 e. The van der Waals surface area contributed by atoms with Gasteiger partial charge in [-0.15, -0.1) is 11.3 Å². The molecule has 0 saturated carbocycles. The summed E-state index contributed by atoms with van der Waals surface area (Å²) in [7, 11) is 0. The molecule has 0 bridgehead atoms. The summed E-state index contributed by atoms with van der Waals surface area (Å²) in [5.74, 6) is -0.0557. The molecular weight excluding hydrogens is 424 g/mol. The molecule has 1 aromatic carbocycles. The van der Waals surface area contributed by atoms with Crippen molar-refractivity contribution < 1.29 is 4.79 Å². The van der Waals surface area contributed by atoms with Crippen LogP contribution in [0.15, 0.2) is 46.6 Å². The lowest BCUT2D eigenvalue weighted by Gasteiger charge is -2.35. The lowest BCUT2D eigenvalue weighted by Crippen LogP contribution is -2.50. The maximum absolute atomic E-state index is 13.1. The molecule has 164 valence electrons. The van der Waals surface area contributed by atoms with E-state index in [2.05, 4.69) is 15.2 Å². The molecule has 1 aliphatic rings. The summed E-state index contributed by atoms with van der Waals surface area (Å²) >= 11 is 1.45. The summed E-state index contributed by atoms with van der Waals surface area (Å²) in [5.41, 5.74) is 5.05. The van der Waals surface area contributed by atoms with E-state index in [1.165, 1.54) is 11.3 Å². The van der Waals surface area contributed by atoms with Crippen LogP contribution in [0.25, 0.3) is 10.6 Å². The summed E-state index contributed by atoms with van der Waals surface area (Å²) < 4.78 is 3.50. The van der Waals surface area contributed by atoms with Gasteiger partial charge in [0.1, 0.15) is 6.04 Å². The number of piperazine rings is 1. The van der Waals surface area contributed by atoms with Gasteiger partial charge in [-0.05, 0) is 32.9 Å². The van der Waals surface area contributed by atoms with Crippen molar-refractivity contribution in [2.45, 2.75) is 33.4 Å². The number of thiazole rings is 1. The first kappa shape index (κ1) is 20.6. The molecule has 9 heteroatoms. The Labute approximate surface area is 189 Å². The van der Waals surface area contributed by atoms with Crippen LogP contribution in [0.4, 0.5) is 0 Å². The van der Waals surface area contributed by atoms with Gasteiger partial charge in [0.05, 0.1) is 17.1 Å². The van der Waals surface area contributed by atoms with E-state index in [1.807, 2.05) is 61.2 Å². The van der Waals surface area contributed by atoms with Crippen molar-refractivity contribution in [3.05, 3.63) is 80.5 Å². The molecule has 4 aromatic rings. The minimum absolute atomic E-state index is 0.0557. The zero-order chi connectivity index (χ0) is 22.4. The van der Waals surface area contributed by atoms with Crippen molar-refractivity contribution in [2.24, 2.45) is 0 Å². The largest absolute Gasteiger partial charge is 0.353 e. The SMILES string of the molecule is Cc1nn(-c2ccccc2)c(C)c1C1C(=O)NCCN1Cc1cc(=O)n2c(C)csc2n1. The summed E-state index contributed by atoms with van der Waals surface area (Å²) in [5, 5.41) is 9.65. The Bertz CT molecular complexity index is 1370. The van der Waals surface area contributed by atoms with Crippen molar-refractivity contribution in [3.63, 3.8) is 0 Å². The van der Waals surface area contributed by atoms with E-state index in [9.17, 15) is 9.59 Å². The molecule has 0 aliphatic carbocycles. The van der Waals surface area contributed by atoms with Gasteiger partial charge in [0.2, 0.25) is 5.91 Å². The van der Waals surface area contributed by atoms with Crippen LogP contribution in [0, 0.1) is 20.8 Å². The minimum atomic E-state index is -0.494. The zero-order valence-corrected chi connectivity index (χ0v) is 19.0. The highest BCUT2D eigenvalue weighted by Gasteiger charge is 2.35. The number of nitrogens with one attached hydrogen (secondary N) is 1. The summed E-state index contributed by atoms with van der Waals surface area (Å²) in [6.07, 6.45) is 0. The molecular formula is C23H24N6O2S. The van der Waals surface area contributed by atoms with E-state index < -0.39 is 6.04 Å². The fraction of sp³-hybridized carbons (Fsp3) is 0.304. The first-order valence-corrected chi connectivity index (χ1v) is 11.4. The number of fused-ring (bicyclic) bond motifs is 1. The highest BCUT2D eigenvalue weighted by molar-refractivity contribution is 7.15. The van der Waals surface area contributed by atoms with Crippen LogP contribution in [0.5, 0.6) is 0 Å². The van der Waals surface area contributed by atoms with Crippen LogP contribution in [-0.4, -0.2) is 43.1 Å². The molecule has 0 spiro atoms. The second-order valence-corrected chi connectivity index (χ2v) is 8.91. The maximum atomic E-state index is 13.1. The smallest absolute Gasteiger partial charge is 0.259 e. The lowest BCUT2D eigenvalue weighted by molar-refractivity contribution is -0.129. The molecule has 1 aliphatic heterocycles. The number of rotatable bonds is 4. The van der Waals surface area contributed by atoms with E-state index >= 15 is 0 Å². The number of para-hydroxylation sites is 1. The van der Waals surface area contributed by atoms with Gasteiger partial charge in [0, 0.05) is 48.0 Å². The third kappa shape index (κ3) is 3.43. The fourth-order valence-electron chi connectivity index (χ4n) is 4.46. The number of aromatic nitrogens is 4. The van der Waals surface area contributed by atoms with Gasteiger partial charge >= 0.3 is 0 Å². The third-order valence-electron chi connectivity index (χ3n) is 5.93.